The van der Waals surface area contributed by atoms with Crippen LogP contribution >= 0.6 is 0 Å². The summed E-state index contributed by atoms with van der Waals surface area (Å²) in [7, 11) is 0. The second kappa shape index (κ2) is 10.8. The summed E-state index contributed by atoms with van der Waals surface area (Å²) >= 11 is 0. The highest BCUT2D eigenvalue weighted by molar-refractivity contribution is 5.92. The summed E-state index contributed by atoms with van der Waals surface area (Å²) in [5.74, 6) is -2.27. The monoisotopic (exact) mass is 593 g/mol. The van der Waals surface area contributed by atoms with E-state index >= 15 is 0 Å². The molecule has 0 unspecified atom stereocenters. The number of aryl methyl sites for hydroxylation is 1. The van der Waals surface area contributed by atoms with Crippen LogP contribution in [0.1, 0.15) is 53.5 Å². The molecular weight excluding hydrogens is 568 g/mol. The van der Waals surface area contributed by atoms with Gasteiger partial charge in [-0.25, -0.2) is 19.7 Å². The van der Waals surface area contributed by atoms with Crippen LogP contribution < -0.4 is 10.1 Å². The smallest absolute Gasteiger partial charge is 0.475 e. The molecule has 0 aliphatic heterocycles. The van der Waals surface area contributed by atoms with Crippen LogP contribution in [0.15, 0.2) is 42.5 Å². The lowest BCUT2D eigenvalue weighted by Gasteiger charge is -2.32. The zero-order valence-corrected chi connectivity index (χ0v) is 22.3. The topological polar surface area (TPSA) is 102 Å². The quantitative estimate of drug-likeness (QED) is 0.211. The number of carboxylic acids is 1. The van der Waals surface area contributed by atoms with Gasteiger partial charge in [0.2, 0.25) is 5.82 Å². The molecule has 1 aliphatic carbocycles. The van der Waals surface area contributed by atoms with E-state index in [0.717, 1.165) is 37.5 Å². The number of hydrogen-bond donors (Lipinski definition) is 2. The number of halogens is 6. The van der Waals surface area contributed by atoms with E-state index in [2.05, 4.69) is 25.0 Å². The number of benzene rings is 2. The van der Waals surface area contributed by atoms with Crippen molar-refractivity contribution in [1.29, 1.82) is 0 Å². The van der Waals surface area contributed by atoms with Crippen molar-refractivity contribution >= 4 is 23.0 Å². The van der Waals surface area contributed by atoms with Crippen molar-refractivity contribution < 1.29 is 41.0 Å². The molecule has 1 aliphatic rings. The summed E-state index contributed by atoms with van der Waals surface area (Å²) in [5, 5.41) is 12.9. The van der Waals surface area contributed by atoms with Crippen molar-refractivity contribution in [3.8, 4) is 17.1 Å². The van der Waals surface area contributed by atoms with Gasteiger partial charge in [-0.05, 0) is 62.4 Å². The van der Waals surface area contributed by atoms with Crippen LogP contribution in [-0.4, -0.2) is 43.0 Å². The Hall–Kier alpha value is -4.36. The minimum Gasteiger partial charge on any atom is -0.475 e. The van der Waals surface area contributed by atoms with Gasteiger partial charge in [0.25, 0.3) is 0 Å². The van der Waals surface area contributed by atoms with Crippen LogP contribution in [0.5, 0.6) is 5.75 Å². The zero-order chi connectivity index (χ0) is 30.4. The first kappa shape index (κ1) is 29.1. The van der Waals surface area contributed by atoms with Gasteiger partial charge in [-0.3, -0.25) is 0 Å². The van der Waals surface area contributed by atoms with Crippen LogP contribution in [0, 0.1) is 12.8 Å². The minimum atomic E-state index is -5.03. The Morgan fingerprint density at radius 3 is 2.33 bits per heavy atom. The van der Waals surface area contributed by atoms with Gasteiger partial charge in [-0.15, -0.1) is 13.2 Å². The second-order valence-corrected chi connectivity index (χ2v) is 10.3. The Morgan fingerprint density at radius 1 is 1.07 bits per heavy atom. The van der Waals surface area contributed by atoms with E-state index in [-0.39, 0.29) is 46.9 Å². The van der Waals surface area contributed by atoms with Gasteiger partial charge in [0, 0.05) is 12.6 Å². The van der Waals surface area contributed by atoms with Crippen molar-refractivity contribution in [2.24, 2.45) is 5.92 Å². The third kappa shape index (κ3) is 6.11. The third-order valence-electron chi connectivity index (χ3n) is 7.24. The first-order chi connectivity index (χ1) is 19.7. The molecule has 4 aromatic rings. The summed E-state index contributed by atoms with van der Waals surface area (Å²) in [6.45, 7) is 3.41. The number of alkyl halides is 6. The van der Waals surface area contributed by atoms with Crippen LogP contribution in [0.25, 0.3) is 22.6 Å². The molecule has 2 aromatic carbocycles. The molecule has 42 heavy (non-hydrogen) atoms. The van der Waals surface area contributed by atoms with Crippen molar-refractivity contribution in [1.82, 2.24) is 19.5 Å². The van der Waals surface area contributed by atoms with Gasteiger partial charge in [0.1, 0.15) is 17.1 Å². The highest BCUT2D eigenvalue weighted by Gasteiger charge is 2.34. The molecule has 8 nitrogen and oxygen atoms in total. The summed E-state index contributed by atoms with van der Waals surface area (Å²) in [6.07, 6.45) is -6.65. The fourth-order valence-electron chi connectivity index (χ4n) is 4.88. The highest BCUT2D eigenvalue weighted by atomic mass is 19.4. The lowest BCUT2D eigenvalue weighted by molar-refractivity contribution is -0.274. The van der Waals surface area contributed by atoms with Gasteiger partial charge in [-0.2, -0.15) is 13.2 Å². The third-order valence-corrected chi connectivity index (χ3v) is 7.24. The number of rotatable bonds is 8. The number of hydrogen-bond acceptors (Lipinski definition) is 6. The Morgan fingerprint density at radius 2 is 1.76 bits per heavy atom. The average Bonchev–Trinajstić information content (AvgIpc) is 3.21. The van der Waals surface area contributed by atoms with Gasteiger partial charge < -0.3 is 19.7 Å². The van der Waals surface area contributed by atoms with Gasteiger partial charge in [0.15, 0.2) is 11.5 Å². The number of ether oxygens (including phenoxy) is 1. The lowest BCUT2D eigenvalue weighted by atomic mass is 9.80. The molecule has 5 rings (SSSR count). The average molecular weight is 594 g/mol. The second-order valence-electron chi connectivity index (χ2n) is 10.3. The highest BCUT2D eigenvalue weighted by Crippen LogP contribution is 2.38. The van der Waals surface area contributed by atoms with E-state index in [1.165, 1.54) is 28.8 Å². The number of aromatic carboxylic acids is 1. The van der Waals surface area contributed by atoms with Crippen LogP contribution in [-0.2, 0) is 12.7 Å². The number of fused-ring (bicyclic) bond motifs is 1. The van der Waals surface area contributed by atoms with Crippen LogP contribution in [0.2, 0.25) is 0 Å². The molecule has 0 spiro atoms. The standard InChI is InChI=1S/C28H25F6N5O3/c1-14-6-11-20(42-28(32,33)34)19(12-14)25-38-23-21(39(25)13-16-7-9-18(10-8-16)27(29,30)31)22(36-24(37-23)26(40)41)35-15(2)17-4-3-5-17/h6-12,15,17H,3-5,13H2,1-2H3,(H,40,41)(H,35,36,37)/t15-/m1/s1. The number of aromatic nitrogens is 4. The Bertz CT molecular complexity index is 1630. The predicted molar refractivity (Wildman–Crippen MR) is 140 cm³/mol. The first-order valence-corrected chi connectivity index (χ1v) is 13.0. The number of imidazole rings is 1. The summed E-state index contributed by atoms with van der Waals surface area (Å²) in [5.41, 5.74) is 0.0593. The maximum Gasteiger partial charge on any atom is 0.573 e. The number of anilines is 1. The minimum absolute atomic E-state index is 0.0657. The fraction of sp³-hybridized carbons (Fsp3) is 0.357. The van der Waals surface area contributed by atoms with E-state index in [9.17, 15) is 36.2 Å². The maximum absolute atomic E-state index is 13.3. The summed E-state index contributed by atoms with van der Waals surface area (Å²) in [4.78, 5) is 24.6. The van der Waals surface area contributed by atoms with E-state index in [0.29, 0.717) is 11.1 Å². The molecule has 14 heteroatoms. The van der Waals surface area contributed by atoms with Crippen LogP contribution in [0.4, 0.5) is 32.2 Å². The first-order valence-electron chi connectivity index (χ1n) is 13.0. The lowest BCUT2D eigenvalue weighted by Crippen LogP contribution is -2.31. The molecule has 0 radical (unpaired) electrons. The predicted octanol–water partition coefficient (Wildman–Crippen LogP) is 7.07. The number of nitrogens with one attached hydrogen (secondary N) is 1. The number of nitrogens with zero attached hydrogens (tertiary/aromatic N) is 4. The normalized spacial score (nSPS) is 15.0. The molecule has 2 heterocycles. The van der Waals surface area contributed by atoms with Gasteiger partial charge in [-0.1, -0.05) is 30.2 Å². The fourth-order valence-corrected chi connectivity index (χ4v) is 4.88. The van der Waals surface area contributed by atoms with Crippen molar-refractivity contribution in [2.45, 2.75) is 58.2 Å². The summed E-state index contributed by atoms with van der Waals surface area (Å²) in [6, 6.07) is 8.12. The Kier molecular flexibility index (Phi) is 7.50. The molecule has 1 saturated carbocycles. The molecule has 2 N–H and O–H groups in total. The van der Waals surface area contributed by atoms with Crippen molar-refractivity contribution in [2.75, 3.05) is 5.32 Å². The van der Waals surface area contributed by atoms with E-state index in [1.807, 2.05) is 6.92 Å². The largest absolute Gasteiger partial charge is 0.573 e. The van der Waals surface area contributed by atoms with Crippen LogP contribution in [0.3, 0.4) is 0 Å². The number of carboxylic acid groups (broad SMARTS) is 1. The van der Waals surface area contributed by atoms with Gasteiger partial charge in [0.05, 0.1) is 11.1 Å². The molecular formula is C28H25F6N5O3. The molecule has 1 atom stereocenters. The Labute approximate surface area is 235 Å². The zero-order valence-electron chi connectivity index (χ0n) is 22.3. The van der Waals surface area contributed by atoms with E-state index in [1.54, 1.807) is 6.92 Å². The molecule has 0 bridgehead atoms. The van der Waals surface area contributed by atoms with Crippen molar-refractivity contribution in [3.05, 3.63) is 65.0 Å². The molecule has 1 fully saturated rings. The molecule has 0 saturated heterocycles. The molecule has 222 valence electrons. The maximum atomic E-state index is 13.3. The van der Waals surface area contributed by atoms with Crippen molar-refractivity contribution in [3.63, 3.8) is 0 Å². The molecule has 0 amide bonds. The molecule has 2 aromatic heterocycles. The van der Waals surface area contributed by atoms with E-state index < -0.39 is 35.6 Å². The van der Waals surface area contributed by atoms with E-state index in [4.69, 9.17) is 0 Å². The Balaban J connectivity index is 1.74. The summed E-state index contributed by atoms with van der Waals surface area (Å²) < 4.78 is 85.4. The van der Waals surface area contributed by atoms with Gasteiger partial charge >= 0.3 is 18.5 Å². The SMILES string of the molecule is Cc1ccc(OC(F)(F)F)c(-c2nc3nc(C(=O)O)nc(N[C@H](C)C4CCC4)c3n2Cc2ccc(C(F)(F)F)cc2)c1. The number of carbonyl (C=O) groups is 1.